The van der Waals surface area contributed by atoms with E-state index in [0.717, 1.165) is 0 Å². The van der Waals surface area contributed by atoms with Gasteiger partial charge in [0, 0.05) is 35.3 Å². The van der Waals surface area contributed by atoms with Gasteiger partial charge < -0.3 is 15.5 Å². The number of hydrogen-bond donors (Lipinski definition) is 3. The summed E-state index contributed by atoms with van der Waals surface area (Å²) in [6.07, 6.45) is 0.137. The molecule has 1 aromatic rings. The summed E-state index contributed by atoms with van der Waals surface area (Å²) in [5.74, 6) is -4.48. The summed E-state index contributed by atoms with van der Waals surface area (Å²) in [4.78, 5) is 39.4. The van der Waals surface area contributed by atoms with Crippen molar-refractivity contribution in [1.29, 1.82) is 0 Å². The highest BCUT2D eigenvalue weighted by atomic mass is 35.5. The van der Waals surface area contributed by atoms with Gasteiger partial charge in [0.15, 0.2) is 0 Å². The molecule has 7 nitrogen and oxygen atoms in total. The van der Waals surface area contributed by atoms with Crippen LogP contribution in [0, 0.1) is 5.92 Å². The van der Waals surface area contributed by atoms with Crippen LogP contribution in [0.4, 0.5) is 5.69 Å². The molecule has 8 heteroatoms. The Kier molecular flexibility index (Phi) is 6.15. The summed E-state index contributed by atoms with van der Waals surface area (Å²) >= 11 is 5.54. The van der Waals surface area contributed by atoms with Gasteiger partial charge >= 0.3 is 11.9 Å². The number of aliphatic imine (C=N–C) groups is 1. The number of hydrogen-bond acceptors (Lipinski definition) is 4. The molecule has 26 heavy (non-hydrogen) atoms. The van der Waals surface area contributed by atoms with E-state index in [-0.39, 0.29) is 29.5 Å². The van der Waals surface area contributed by atoms with Gasteiger partial charge in [-0.25, -0.2) is 4.79 Å². The van der Waals surface area contributed by atoms with Gasteiger partial charge in [0.25, 0.3) is 0 Å². The molecule has 3 N–H and O–H groups in total. The summed E-state index contributed by atoms with van der Waals surface area (Å²) < 4.78 is 0. The van der Waals surface area contributed by atoms with E-state index in [4.69, 9.17) is 11.6 Å². The van der Waals surface area contributed by atoms with Gasteiger partial charge in [-0.05, 0) is 31.5 Å². The number of carboxylic acids is 2. The van der Waals surface area contributed by atoms with E-state index in [1.165, 1.54) is 0 Å². The molecule has 0 spiro atoms. The highest BCUT2D eigenvalue weighted by molar-refractivity contribution is 6.19. The third-order valence-corrected chi connectivity index (χ3v) is 4.36. The van der Waals surface area contributed by atoms with Gasteiger partial charge in [0.05, 0.1) is 5.57 Å². The van der Waals surface area contributed by atoms with Crippen molar-refractivity contribution < 1.29 is 24.6 Å². The first-order chi connectivity index (χ1) is 12.3. The molecule has 0 radical (unpaired) electrons. The number of halogens is 1. The fourth-order valence-corrected chi connectivity index (χ4v) is 3.29. The number of nitrogens with zero attached hydrogens (tertiary/aromatic N) is 1. The lowest BCUT2D eigenvalue weighted by atomic mass is 9.75. The Labute approximate surface area is 155 Å². The Morgan fingerprint density at radius 2 is 1.92 bits per heavy atom. The quantitative estimate of drug-likeness (QED) is 0.658. The van der Waals surface area contributed by atoms with E-state index in [0.29, 0.717) is 17.0 Å². The number of amides is 1. The molecular formula is C18H19ClN2O5. The Morgan fingerprint density at radius 1 is 1.23 bits per heavy atom. The lowest BCUT2D eigenvalue weighted by molar-refractivity contribution is -0.140. The van der Waals surface area contributed by atoms with Gasteiger partial charge in [0.1, 0.15) is 5.92 Å². The molecule has 2 rings (SSSR count). The number of rotatable bonds is 6. The van der Waals surface area contributed by atoms with Crippen molar-refractivity contribution in [1.82, 2.24) is 0 Å². The third-order valence-electron chi connectivity index (χ3n) is 4.18. The monoisotopic (exact) mass is 378 g/mol. The molecular weight excluding hydrogens is 360 g/mol. The van der Waals surface area contributed by atoms with Crippen LogP contribution >= 0.6 is 11.6 Å². The van der Waals surface area contributed by atoms with Crippen molar-refractivity contribution in [2.45, 2.75) is 26.2 Å². The number of carbonyl (C=O) groups excluding carboxylic acids is 1. The van der Waals surface area contributed by atoms with Crippen LogP contribution in [0.1, 0.15) is 31.7 Å². The molecule has 138 valence electrons. The zero-order valence-electron chi connectivity index (χ0n) is 14.3. The normalized spacial score (nSPS) is 19.7. The molecule has 1 aliphatic rings. The molecule has 0 aromatic heterocycles. The first kappa shape index (κ1) is 19.7. The van der Waals surface area contributed by atoms with Crippen LogP contribution in [0.5, 0.6) is 0 Å². The van der Waals surface area contributed by atoms with E-state index < -0.39 is 23.8 Å². The van der Waals surface area contributed by atoms with Crippen LogP contribution in [0.3, 0.4) is 0 Å². The van der Waals surface area contributed by atoms with Crippen LogP contribution in [0.2, 0.25) is 0 Å². The largest absolute Gasteiger partial charge is 0.481 e. The zero-order valence-corrected chi connectivity index (χ0v) is 15.1. The molecule has 0 saturated heterocycles. The van der Waals surface area contributed by atoms with Gasteiger partial charge in [-0.1, -0.05) is 12.1 Å². The minimum Gasteiger partial charge on any atom is -0.481 e. The fraction of sp³-hybridized carbons (Fsp3) is 0.333. The van der Waals surface area contributed by atoms with Gasteiger partial charge in [-0.2, -0.15) is 0 Å². The van der Waals surface area contributed by atoms with Crippen LogP contribution in [-0.4, -0.2) is 39.7 Å². The average Bonchev–Trinajstić information content (AvgIpc) is 2.53. The number of carbonyl (C=O) groups is 3. The van der Waals surface area contributed by atoms with Crippen molar-refractivity contribution >= 4 is 40.8 Å². The van der Waals surface area contributed by atoms with E-state index >= 15 is 0 Å². The number of nitrogens with one attached hydrogen (secondary N) is 1. The zero-order chi connectivity index (χ0) is 19.4. The molecule has 2 unspecified atom stereocenters. The van der Waals surface area contributed by atoms with Crippen LogP contribution in [-0.2, 0) is 14.4 Å². The van der Waals surface area contributed by atoms with E-state index in [9.17, 15) is 24.6 Å². The third kappa shape index (κ3) is 4.11. The lowest BCUT2D eigenvalue weighted by Gasteiger charge is -2.29. The van der Waals surface area contributed by atoms with E-state index in [1.807, 2.05) is 0 Å². The molecule has 0 aliphatic carbocycles. The Morgan fingerprint density at radius 3 is 2.50 bits per heavy atom. The summed E-state index contributed by atoms with van der Waals surface area (Å²) in [5.41, 5.74) is 1.47. The summed E-state index contributed by atoms with van der Waals surface area (Å²) in [6.45, 7) is 3.12. The topological polar surface area (TPSA) is 116 Å². The highest BCUT2D eigenvalue weighted by Gasteiger charge is 2.41. The molecule has 0 bridgehead atoms. The van der Waals surface area contributed by atoms with Crippen molar-refractivity contribution in [3.63, 3.8) is 0 Å². The standard InChI is InChI=1S/C18H19ClN2O5/c1-9-14(17(23)24)16(15(18(25)26)10(2)20-9)11-4-3-5-12(8-11)21-13(22)6-7-19/h3-5,8,14,16H,6-7H2,1-2H3,(H,21,22)(H,23,24)(H,25,26). The maximum Gasteiger partial charge on any atom is 0.334 e. The minimum absolute atomic E-state index is 0.0627. The Bertz CT molecular complexity index is 816. The smallest absolute Gasteiger partial charge is 0.334 e. The average molecular weight is 379 g/mol. The van der Waals surface area contributed by atoms with Crippen molar-refractivity contribution in [3.05, 3.63) is 41.1 Å². The molecule has 1 aliphatic heterocycles. The molecule has 0 fully saturated rings. The number of allylic oxidation sites excluding steroid dienone is 1. The highest BCUT2D eigenvalue weighted by Crippen LogP contribution is 2.39. The molecule has 1 aromatic carbocycles. The van der Waals surface area contributed by atoms with Crippen molar-refractivity contribution in [2.75, 3.05) is 11.2 Å². The maximum absolute atomic E-state index is 11.8. The van der Waals surface area contributed by atoms with Gasteiger partial charge in [-0.15, -0.1) is 11.6 Å². The second-order valence-electron chi connectivity index (χ2n) is 5.96. The first-order valence-electron chi connectivity index (χ1n) is 7.94. The molecule has 1 heterocycles. The number of carboxylic acid groups (broad SMARTS) is 2. The lowest BCUT2D eigenvalue weighted by Crippen LogP contribution is -2.34. The minimum atomic E-state index is -1.22. The van der Waals surface area contributed by atoms with Crippen molar-refractivity contribution in [2.24, 2.45) is 10.9 Å². The van der Waals surface area contributed by atoms with Gasteiger partial charge in [-0.3, -0.25) is 14.6 Å². The number of benzene rings is 1. The summed E-state index contributed by atoms with van der Waals surface area (Å²) in [5, 5.41) is 21.9. The Hall–Kier alpha value is -2.67. The maximum atomic E-state index is 11.8. The van der Waals surface area contributed by atoms with Gasteiger partial charge in [0.2, 0.25) is 5.91 Å². The summed E-state index contributed by atoms with van der Waals surface area (Å²) in [6, 6.07) is 6.51. The number of anilines is 1. The predicted molar refractivity (Wildman–Crippen MR) is 97.7 cm³/mol. The second kappa shape index (κ2) is 8.14. The number of aliphatic carboxylic acids is 2. The molecule has 1 amide bonds. The molecule has 2 atom stereocenters. The molecule has 0 saturated carbocycles. The SMILES string of the molecule is CC1=NC(C)=C(C(=O)O)C(c2cccc(NC(=O)CCCl)c2)C1C(=O)O. The van der Waals surface area contributed by atoms with Crippen LogP contribution < -0.4 is 5.32 Å². The fourth-order valence-electron chi connectivity index (χ4n) is 3.11. The second-order valence-corrected chi connectivity index (χ2v) is 6.34. The van der Waals surface area contributed by atoms with Crippen LogP contribution in [0.15, 0.2) is 40.5 Å². The summed E-state index contributed by atoms with van der Waals surface area (Å²) in [7, 11) is 0. The predicted octanol–water partition coefficient (Wildman–Crippen LogP) is 2.87. The first-order valence-corrected chi connectivity index (χ1v) is 8.47. The number of alkyl halides is 1. The van der Waals surface area contributed by atoms with E-state index in [2.05, 4.69) is 10.3 Å². The van der Waals surface area contributed by atoms with Crippen molar-refractivity contribution in [3.8, 4) is 0 Å². The van der Waals surface area contributed by atoms with E-state index in [1.54, 1.807) is 38.1 Å². The Balaban J connectivity index is 2.51. The van der Waals surface area contributed by atoms with Crippen LogP contribution in [0.25, 0.3) is 0 Å².